The van der Waals surface area contributed by atoms with Gasteiger partial charge in [-0.25, -0.2) is 9.37 Å². The van der Waals surface area contributed by atoms with Gasteiger partial charge in [0.2, 0.25) is 5.82 Å². The summed E-state index contributed by atoms with van der Waals surface area (Å²) < 4.78 is 31.7. The molecule has 152 valence electrons. The van der Waals surface area contributed by atoms with Crippen molar-refractivity contribution in [3.05, 3.63) is 48.2 Å². The number of likely N-dealkylation sites (tertiary alicyclic amines) is 1. The summed E-state index contributed by atoms with van der Waals surface area (Å²) in [6.45, 7) is 1.69. The zero-order valence-corrected chi connectivity index (χ0v) is 16.3. The first-order valence-corrected chi connectivity index (χ1v) is 9.34. The van der Waals surface area contributed by atoms with Gasteiger partial charge in [-0.05, 0) is 12.1 Å². The molecule has 1 aliphatic rings. The first-order chi connectivity index (χ1) is 14.1. The van der Waals surface area contributed by atoms with Gasteiger partial charge in [-0.15, -0.1) is 0 Å². The Bertz CT molecular complexity index is 936. The van der Waals surface area contributed by atoms with Gasteiger partial charge < -0.3 is 14.0 Å². The molecule has 0 unspecified atom stereocenters. The van der Waals surface area contributed by atoms with E-state index in [4.69, 9.17) is 14.0 Å². The van der Waals surface area contributed by atoms with Gasteiger partial charge >= 0.3 is 0 Å². The molecule has 0 spiro atoms. The summed E-state index contributed by atoms with van der Waals surface area (Å²) in [6, 6.07) is 5.68. The molecule has 0 amide bonds. The quantitative estimate of drug-likeness (QED) is 0.625. The van der Waals surface area contributed by atoms with Gasteiger partial charge in [-0.1, -0.05) is 11.2 Å². The van der Waals surface area contributed by atoms with Crippen LogP contribution in [0.5, 0.6) is 11.5 Å². The number of methoxy groups -OCH3 is 2. The highest BCUT2D eigenvalue weighted by molar-refractivity contribution is 5.46. The van der Waals surface area contributed by atoms with Crippen LogP contribution in [0, 0.1) is 0 Å². The minimum Gasteiger partial charge on any atom is -0.496 e. The van der Waals surface area contributed by atoms with E-state index >= 15 is 4.39 Å². The molecule has 9 heteroatoms. The van der Waals surface area contributed by atoms with Crippen molar-refractivity contribution in [2.75, 3.05) is 27.3 Å². The van der Waals surface area contributed by atoms with E-state index in [0.717, 1.165) is 17.1 Å². The Morgan fingerprint density at radius 1 is 1.14 bits per heavy atom. The Labute approximate surface area is 167 Å². The maximum Gasteiger partial charge on any atom is 0.264 e. The molecule has 0 saturated carbocycles. The lowest BCUT2D eigenvalue weighted by Gasteiger charge is -2.34. The number of ether oxygens (including phenoxy) is 2. The minimum atomic E-state index is -1.66. The van der Waals surface area contributed by atoms with E-state index < -0.39 is 5.67 Å². The molecule has 0 bridgehead atoms. The second kappa shape index (κ2) is 8.12. The van der Waals surface area contributed by atoms with Gasteiger partial charge in [0, 0.05) is 44.9 Å². The molecule has 0 radical (unpaired) electrons. The number of aromatic nitrogens is 4. The van der Waals surface area contributed by atoms with Crippen LogP contribution in [0.3, 0.4) is 0 Å². The highest BCUT2D eigenvalue weighted by atomic mass is 19.1. The molecule has 4 rings (SSSR count). The topological polar surface area (TPSA) is 86.4 Å². The molecule has 0 aliphatic carbocycles. The molecule has 1 saturated heterocycles. The van der Waals surface area contributed by atoms with Crippen LogP contribution < -0.4 is 9.47 Å². The SMILES string of the molecule is COc1cccc(OC)c1CN1CCC(F)(c2nc(-c3cnccn3)no2)CC1. The number of nitrogens with zero attached hydrogens (tertiary/aromatic N) is 5. The number of rotatable bonds is 6. The van der Waals surface area contributed by atoms with Crippen molar-refractivity contribution in [2.45, 2.75) is 25.1 Å². The summed E-state index contributed by atoms with van der Waals surface area (Å²) >= 11 is 0. The summed E-state index contributed by atoms with van der Waals surface area (Å²) in [5, 5.41) is 3.86. The van der Waals surface area contributed by atoms with Crippen LogP contribution in [-0.4, -0.2) is 52.3 Å². The van der Waals surface area contributed by atoms with Gasteiger partial charge in [-0.3, -0.25) is 9.88 Å². The zero-order chi connectivity index (χ0) is 20.3. The highest BCUT2D eigenvalue weighted by Crippen LogP contribution is 2.38. The van der Waals surface area contributed by atoms with Gasteiger partial charge in [-0.2, -0.15) is 4.98 Å². The first-order valence-electron chi connectivity index (χ1n) is 9.34. The third kappa shape index (κ3) is 3.91. The molecule has 3 aromatic rings. The fourth-order valence-electron chi connectivity index (χ4n) is 3.51. The molecule has 3 heterocycles. The van der Waals surface area contributed by atoms with Crippen LogP contribution in [0.1, 0.15) is 24.3 Å². The van der Waals surface area contributed by atoms with E-state index in [-0.39, 0.29) is 24.6 Å². The molecular formula is C20H22FN5O3. The molecule has 0 atom stereocenters. The van der Waals surface area contributed by atoms with Crippen molar-refractivity contribution in [3.63, 3.8) is 0 Å². The molecule has 2 aromatic heterocycles. The van der Waals surface area contributed by atoms with Crippen LogP contribution in [0.25, 0.3) is 11.5 Å². The molecule has 0 N–H and O–H groups in total. The third-order valence-corrected chi connectivity index (χ3v) is 5.16. The number of piperidine rings is 1. The lowest BCUT2D eigenvalue weighted by molar-refractivity contribution is 0.0246. The van der Waals surface area contributed by atoms with Gasteiger partial charge in [0.1, 0.15) is 17.2 Å². The van der Waals surface area contributed by atoms with Crippen molar-refractivity contribution in [2.24, 2.45) is 0 Å². The predicted octanol–water partition coefficient (Wildman–Crippen LogP) is 3.00. The predicted molar refractivity (Wildman–Crippen MR) is 102 cm³/mol. The average molecular weight is 399 g/mol. The summed E-state index contributed by atoms with van der Waals surface area (Å²) in [7, 11) is 3.26. The van der Waals surface area contributed by atoms with E-state index in [2.05, 4.69) is 25.0 Å². The number of benzene rings is 1. The summed E-state index contributed by atoms with van der Waals surface area (Å²) in [4.78, 5) is 14.5. The van der Waals surface area contributed by atoms with Crippen molar-refractivity contribution < 1.29 is 18.4 Å². The van der Waals surface area contributed by atoms with Crippen LogP contribution in [0.2, 0.25) is 0 Å². The minimum absolute atomic E-state index is 0.00678. The molecule has 1 aromatic carbocycles. The fraction of sp³-hybridized carbons (Fsp3) is 0.400. The Balaban J connectivity index is 1.45. The molecule has 1 fully saturated rings. The average Bonchev–Trinajstić information content (AvgIpc) is 3.27. The summed E-state index contributed by atoms with van der Waals surface area (Å²) in [5.41, 5.74) is -0.257. The van der Waals surface area contributed by atoms with E-state index in [1.807, 2.05) is 18.2 Å². The lowest BCUT2D eigenvalue weighted by Crippen LogP contribution is -2.40. The standard InChI is InChI=1S/C20H22FN5O3/c1-27-16-4-3-5-17(28-2)14(16)13-26-10-6-20(21,7-11-26)19-24-18(25-29-19)15-12-22-8-9-23-15/h3-5,8-9,12H,6-7,10-11,13H2,1-2H3. The Hall–Kier alpha value is -3.07. The van der Waals surface area contributed by atoms with Crippen LogP contribution in [-0.2, 0) is 12.2 Å². The molecule has 8 nitrogen and oxygen atoms in total. The number of hydrogen-bond donors (Lipinski definition) is 0. The molecular weight excluding hydrogens is 377 g/mol. The number of hydrogen-bond acceptors (Lipinski definition) is 8. The highest BCUT2D eigenvalue weighted by Gasteiger charge is 2.41. The van der Waals surface area contributed by atoms with Crippen molar-refractivity contribution >= 4 is 0 Å². The van der Waals surface area contributed by atoms with E-state index in [9.17, 15) is 0 Å². The Morgan fingerprint density at radius 3 is 2.48 bits per heavy atom. The second-order valence-corrected chi connectivity index (χ2v) is 6.90. The van der Waals surface area contributed by atoms with Crippen LogP contribution in [0.4, 0.5) is 4.39 Å². The Morgan fingerprint density at radius 2 is 1.86 bits per heavy atom. The lowest BCUT2D eigenvalue weighted by atomic mass is 9.93. The smallest absolute Gasteiger partial charge is 0.264 e. The second-order valence-electron chi connectivity index (χ2n) is 6.90. The van der Waals surface area contributed by atoms with Crippen LogP contribution >= 0.6 is 0 Å². The van der Waals surface area contributed by atoms with E-state index in [0.29, 0.717) is 25.3 Å². The maximum atomic E-state index is 15.5. The normalized spacial score (nSPS) is 16.5. The van der Waals surface area contributed by atoms with E-state index in [1.54, 1.807) is 20.4 Å². The van der Waals surface area contributed by atoms with Gasteiger partial charge in [0.15, 0.2) is 5.67 Å². The van der Waals surface area contributed by atoms with Crippen molar-refractivity contribution in [1.29, 1.82) is 0 Å². The largest absolute Gasteiger partial charge is 0.496 e. The number of halogens is 1. The Kier molecular flexibility index (Phi) is 5.39. The van der Waals surface area contributed by atoms with E-state index in [1.165, 1.54) is 12.4 Å². The number of alkyl halides is 1. The van der Waals surface area contributed by atoms with Gasteiger partial charge in [0.05, 0.1) is 26.0 Å². The third-order valence-electron chi connectivity index (χ3n) is 5.16. The van der Waals surface area contributed by atoms with Gasteiger partial charge in [0.25, 0.3) is 5.89 Å². The van der Waals surface area contributed by atoms with Crippen LogP contribution in [0.15, 0.2) is 41.3 Å². The fourth-order valence-corrected chi connectivity index (χ4v) is 3.51. The summed E-state index contributed by atoms with van der Waals surface area (Å²) in [5.74, 6) is 1.75. The van der Waals surface area contributed by atoms with Crippen molar-refractivity contribution in [3.8, 4) is 23.0 Å². The molecule has 1 aliphatic heterocycles. The zero-order valence-electron chi connectivity index (χ0n) is 16.3. The first kappa shape index (κ1) is 19.3. The maximum absolute atomic E-state index is 15.5. The molecule has 29 heavy (non-hydrogen) atoms. The summed E-state index contributed by atoms with van der Waals surface area (Å²) in [6.07, 6.45) is 5.11. The monoisotopic (exact) mass is 399 g/mol. The van der Waals surface area contributed by atoms with Crippen molar-refractivity contribution in [1.82, 2.24) is 25.0 Å².